The van der Waals surface area contributed by atoms with Crippen LogP contribution in [0.25, 0.3) is 11.0 Å². The van der Waals surface area contributed by atoms with Gasteiger partial charge in [0.1, 0.15) is 30.0 Å². The molecule has 0 aliphatic carbocycles. The molecule has 9 heteroatoms. The van der Waals surface area contributed by atoms with E-state index < -0.39 is 0 Å². The van der Waals surface area contributed by atoms with Gasteiger partial charge < -0.3 is 23.9 Å². The lowest BCUT2D eigenvalue weighted by Gasteiger charge is -2.41. The normalized spacial score (nSPS) is 22.0. The van der Waals surface area contributed by atoms with Gasteiger partial charge in [0.25, 0.3) is 0 Å². The number of carbonyl (C=O) groups excluding carboxylic acids is 1. The maximum Gasteiger partial charge on any atom is 0.243 e. The van der Waals surface area contributed by atoms with Gasteiger partial charge in [-0.3, -0.25) is 9.69 Å². The van der Waals surface area contributed by atoms with Crippen LogP contribution in [0, 0.1) is 12.8 Å². The molecule has 1 amide bonds. The fraction of sp³-hybridized carbons (Fsp3) is 0.522. The molecule has 0 radical (unpaired) electrons. The van der Waals surface area contributed by atoms with Crippen molar-refractivity contribution in [2.75, 3.05) is 46.5 Å². The summed E-state index contributed by atoms with van der Waals surface area (Å²) in [5.74, 6) is 3.05. The topological polar surface area (TPSA) is 88.5 Å². The number of benzene rings is 1. The van der Waals surface area contributed by atoms with E-state index in [1.165, 1.54) is 0 Å². The SMILES string of the molecule is COc1ccc2nc(C)n(CC(=O)N3CCN(CC4CCOC4)CC3c3ncc[nH]3)c2c1. The molecule has 170 valence electrons. The van der Waals surface area contributed by atoms with Crippen LogP contribution in [0.2, 0.25) is 0 Å². The molecule has 2 aliphatic heterocycles. The minimum Gasteiger partial charge on any atom is -0.497 e. The number of H-pyrrole nitrogens is 1. The number of nitrogens with one attached hydrogen (secondary N) is 1. The molecule has 2 unspecified atom stereocenters. The molecule has 32 heavy (non-hydrogen) atoms. The third-order valence-corrected chi connectivity index (χ3v) is 6.60. The molecule has 0 bridgehead atoms. The molecule has 2 saturated heterocycles. The van der Waals surface area contributed by atoms with E-state index in [9.17, 15) is 4.79 Å². The molecule has 1 N–H and O–H groups in total. The lowest BCUT2D eigenvalue weighted by Crippen LogP contribution is -2.52. The third kappa shape index (κ3) is 4.10. The van der Waals surface area contributed by atoms with Crippen LogP contribution in [-0.2, 0) is 16.1 Å². The maximum absolute atomic E-state index is 13.5. The second-order valence-corrected chi connectivity index (χ2v) is 8.67. The van der Waals surface area contributed by atoms with Gasteiger partial charge >= 0.3 is 0 Å². The number of nitrogens with zero attached hydrogens (tertiary/aromatic N) is 5. The molecule has 3 aromatic rings. The van der Waals surface area contributed by atoms with Gasteiger partial charge in [-0.1, -0.05) is 0 Å². The van der Waals surface area contributed by atoms with Crippen molar-refractivity contribution in [3.63, 3.8) is 0 Å². The summed E-state index contributed by atoms with van der Waals surface area (Å²) in [7, 11) is 1.64. The van der Waals surface area contributed by atoms with E-state index in [0.717, 1.165) is 67.7 Å². The zero-order valence-electron chi connectivity index (χ0n) is 18.7. The third-order valence-electron chi connectivity index (χ3n) is 6.60. The number of aromatic nitrogens is 4. The summed E-state index contributed by atoms with van der Waals surface area (Å²) >= 11 is 0. The van der Waals surface area contributed by atoms with Gasteiger partial charge in [-0.05, 0) is 31.4 Å². The maximum atomic E-state index is 13.5. The Morgan fingerprint density at radius 1 is 1.34 bits per heavy atom. The van der Waals surface area contributed by atoms with Gasteiger partial charge in [0.2, 0.25) is 5.91 Å². The fourth-order valence-electron chi connectivity index (χ4n) is 4.87. The first kappa shape index (κ1) is 21.0. The van der Waals surface area contributed by atoms with Crippen molar-refractivity contribution in [1.82, 2.24) is 29.3 Å². The highest BCUT2D eigenvalue weighted by Gasteiger charge is 2.34. The average Bonchev–Trinajstić information content (AvgIpc) is 3.56. The van der Waals surface area contributed by atoms with Crippen molar-refractivity contribution < 1.29 is 14.3 Å². The smallest absolute Gasteiger partial charge is 0.243 e. The molecule has 9 nitrogen and oxygen atoms in total. The minimum absolute atomic E-state index is 0.0699. The Kier molecular flexibility index (Phi) is 5.84. The van der Waals surface area contributed by atoms with E-state index in [0.29, 0.717) is 12.5 Å². The first-order valence-electron chi connectivity index (χ1n) is 11.2. The highest BCUT2D eigenvalue weighted by atomic mass is 16.5. The van der Waals surface area contributed by atoms with Crippen LogP contribution in [0.1, 0.15) is 24.1 Å². The van der Waals surface area contributed by atoms with Gasteiger partial charge in [-0.2, -0.15) is 0 Å². The van der Waals surface area contributed by atoms with E-state index in [2.05, 4.69) is 19.9 Å². The largest absolute Gasteiger partial charge is 0.497 e. The lowest BCUT2D eigenvalue weighted by molar-refractivity contribution is -0.137. The van der Waals surface area contributed by atoms with Gasteiger partial charge in [0.05, 0.1) is 24.8 Å². The Labute approximate surface area is 187 Å². The number of carbonyl (C=O) groups is 1. The van der Waals surface area contributed by atoms with E-state index in [1.54, 1.807) is 13.3 Å². The van der Waals surface area contributed by atoms with E-state index >= 15 is 0 Å². The van der Waals surface area contributed by atoms with Gasteiger partial charge in [0, 0.05) is 51.2 Å². The first-order valence-corrected chi connectivity index (χ1v) is 11.2. The molecule has 0 spiro atoms. The number of hydrogen-bond donors (Lipinski definition) is 1. The van der Waals surface area contributed by atoms with Crippen molar-refractivity contribution in [2.45, 2.75) is 25.9 Å². The highest BCUT2D eigenvalue weighted by Crippen LogP contribution is 2.27. The van der Waals surface area contributed by atoms with Crippen LogP contribution in [0.3, 0.4) is 0 Å². The van der Waals surface area contributed by atoms with Crippen LogP contribution < -0.4 is 4.74 Å². The summed E-state index contributed by atoms with van der Waals surface area (Å²) in [6.45, 7) is 7.17. The summed E-state index contributed by atoms with van der Waals surface area (Å²) in [6.07, 6.45) is 4.68. The Bertz CT molecular complexity index is 1070. The van der Waals surface area contributed by atoms with E-state index in [4.69, 9.17) is 9.47 Å². The second-order valence-electron chi connectivity index (χ2n) is 8.67. The van der Waals surface area contributed by atoms with Crippen molar-refractivity contribution >= 4 is 16.9 Å². The lowest BCUT2D eigenvalue weighted by atomic mass is 10.1. The standard InChI is InChI=1S/C23H30N6O3/c1-16-26-19-4-3-18(31-2)11-20(19)29(16)14-22(30)28-9-8-27(12-17-5-10-32-15-17)13-21(28)23-24-6-7-25-23/h3-4,6-7,11,17,21H,5,8-10,12-15H2,1-2H3,(H,24,25). The zero-order chi connectivity index (χ0) is 22.1. The molecule has 5 rings (SSSR count). The van der Waals surface area contributed by atoms with Crippen molar-refractivity contribution in [3.8, 4) is 5.75 Å². The van der Waals surface area contributed by atoms with Gasteiger partial charge in [-0.25, -0.2) is 9.97 Å². The number of hydrogen-bond acceptors (Lipinski definition) is 6. The number of ether oxygens (including phenoxy) is 2. The van der Waals surface area contributed by atoms with Crippen molar-refractivity contribution in [1.29, 1.82) is 0 Å². The number of amides is 1. The summed E-state index contributed by atoms with van der Waals surface area (Å²) in [6, 6.07) is 5.66. The minimum atomic E-state index is -0.0989. The number of aryl methyl sites for hydroxylation is 1. The number of rotatable bonds is 6. The molecular formula is C23H30N6O3. The number of fused-ring (bicyclic) bond motifs is 1. The Hall–Kier alpha value is -2.91. The fourth-order valence-corrected chi connectivity index (χ4v) is 4.87. The zero-order valence-corrected chi connectivity index (χ0v) is 18.7. The number of aromatic amines is 1. The van der Waals surface area contributed by atoms with Crippen LogP contribution >= 0.6 is 0 Å². The average molecular weight is 439 g/mol. The second kappa shape index (κ2) is 8.91. The molecule has 2 atom stereocenters. The molecule has 0 saturated carbocycles. The summed E-state index contributed by atoms with van der Waals surface area (Å²) < 4.78 is 12.9. The van der Waals surface area contributed by atoms with Crippen molar-refractivity contribution in [3.05, 3.63) is 42.2 Å². The van der Waals surface area contributed by atoms with E-state index in [-0.39, 0.29) is 18.5 Å². The van der Waals surface area contributed by atoms with Crippen LogP contribution in [0.15, 0.2) is 30.6 Å². The summed E-state index contributed by atoms with van der Waals surface area (Å²) in [5.41, 5.74) is 1.77. The number of imidazole rings is 2. The quantitative estimate of drug-likeness (QED) is 0.633. The Morgan fingerprint density at radius 3 is 3.00 bits per heavy atom. The monoisotopic (exact) mass is 438 g/mol. The predicted octanol–water partition coefficient (Wildman–Crippen LogP) is 2.00. The van der Waals surface area contributed by atoms with Gasteiger partial charge in [-0.15, -0.1) is 0 Å². The first-order chi connectivity index (χ1) is 15.6. The molecular weight excluding hydrogens is 408 g/mol. The molecule has 4 heterocycles. The van der Waals surface area contributed by atoms with Crippen molar-refractivity contribution in [2.24, 2.45) is 5.92 Å². The van der Waals surface area contributed by atoms with Crippen LogP contribution in [0.4, 0.5) is 0 Å². The molecule has 2 aliphatic rings. The molecule has 2 fully saturated rings. The molecule has 2 aromatic heterocycles. The Morgan fingerprint density at radius 2 is 2.25 bits per heavy atom. The van der Waals surface area contributed by atoms with E-state index in [1.807, 2.05) is 40.8 Å². The highest BCUT2D eigenvalue weighted by molar-refractivity contribution is 5.82. The number of piperazine rings is 1. The van der Waals surface area contributed by atoms with Crippen LogP contribution in [0.5, 0.6) is 5.75 Å². The summed E-state index contributed by atoms with van der Waals surface area (Å²) in [4.78, 5) is 30.3. The molecule has 1 aromatic carbocycles. The predicted molar refractivity (Wildman–Crippen MR) is 119 cm³/mol. The van der Waals surface area contributed by atoms with Crippen LogP contribution in [-0.4, -0.2) is 81.7 Å². The Balaban J connectivity index is 1.36. The summed E-state index contributed by atoms with van der Waals surface area (Å²) in [5, 5.41) is 0. The number of methoxy groups -OCH3 is 1. The van der Waals surface area contributed by atoms with Gasteiger partial charge in [0.15, 0.2) is 0 Å².